The zero-order valence-electron chi connectivity index (χ0n) is 11.3. The van der Waals surface area contributed by atoms with Crippen LogP contribution in [-0.2, 0) is 0 Å². The highest BCUT2D eigenvalue weighted by molar-refractivity contribution is 9.10. The molecule has 5 heteroatoms. The Morgan fingerprint density at radius 1 is 1.35 bits per heavy atom. The van der Waals surface area contributed by atoms with E-state index in [1.165, 1.54) is 0 Å². The maximum Gasteiger partial charge on any atom is 0.257 e. The molecule has 0 radical (unpaired) electrons. The fraction of sp³-hybridized carbons (Fsp3) is 0.333. The molecule has 0 unspecified atom stereocenters. The standard InChI is InChI=1S/C15H16BrN3O/c1-11-3-2-8-18(11)15(20)12-9-17-19(10-12)14-6-4-13(16)5-7-14/h4-7,9-11H,2-3,8H2,1H3/t11-/m0/s1. The SMILES string of the molecule is C[C@H]1CCCN1C(=O)c1cnn(-c2ccc(Br)cc2)c1. The fourth-order valence-electron chi connectivity index (χ4n) is 2.57. The molecule has 0 bridgehead atoms. The van der Waals surface area contributed by atoms with Gasteiger partial charge in [0, 0.05) is 23.3 Å². The summed E-state index contributed by atoms with van der Waals surface area (Å²) in [5.74, 6) is 0.0818. The molecule has 0 aliphatic carbocycles. The van der Waals surface area contributed by atoms with Gasteiger partial charge in [-0.1, -0.05) is 15.9 Å². The van der Waals surface area contributed by atoms with Crippen LogP contribution in [0.1, 0.15) is 30.1 Å². The molecular formula is C15H16BrN3O. The number of carbonyl (C=O) groups excluding carboxylic acids is 1. The summed E-state index contributed by atoms with van der Waals surface area (Å²) in [6.07, 6.45) is 5.63. The van der Waals surface area contributed by atoms with Crippen molar-refractivity contribution in [3.05, 3.63) is 46.7 Å². The minimum Gasteiger partial charge on any atom is -0.336 e. The van der Waals surface area contributed by atoms with Crippen molar-refractivity contribution in [2.45, 2.75) is 25.8 Å². The highest BCUT2D eigenvalue weighted by atomic mass is 79.9. The van der Waals surface area contributed by atoms with E-state index >= 15 is 0 Å². The van der Waals surface area contributed by atoms with E-state index in [1.54, 1.807) is 17.1 Å². The molecule has 0 spiro atoms. The molecule has 2 heterocycles. The Morgan fingerprint density at radius 2 is 2.10 bits per heavy atom. The van der Waals surface area contributed by atoms with Gasteiger partial charge in [0.2, 0.25) is 0 Å². The number of hydrogen-bond acceptors (Lipinski definition) is 2. The van der Waals surface area contributed by atoms with Gasteiger partial charge in [-0.05, 0) is 44.0 Å². The molecule has 1 fully saturated rings. The Kier molecular flexibility index (Phi) is 3.61. The van der Waals surface area contributed by atoms with Gasteiger partial charge >= 0.3 is 0 Å². The Hall–Kier alpha value is -1.62. The molecule has 1 saturated heterocycles. The van der Waals surface area contributed by atoms with Crippen LogP contribution in [0.5, 0.6) is 0 Å². The topological polar surface area (TPSA) is 38.1 Å². The predicted molar refractivity (Wildman–Crippen MR) is 81.0 cm³/mol. The summed E-state index contributed by atoms with van der Waals surface area (Å²) in [6, 6.07) is 8.17. The molecule has 104 valence electrons. The highest BCUT2D eigenvalue weighted by Crippen LogP contribution is 2.20. The number of halogens is 1. The first-order chi connectivity index (χ1) is 9.65. The van der Waals surface area contributed by atoms with Gasteiger partial charge in [0.05, 0.1) is 17.4 Å². The molecule has 3 rings (SSSR count). The van der Waals surface area contributed by atoms with Crippen molar-refractivity contribution in [1.29, 1.82) is 0 Å². The average Bonchev–Trinajstić information content (AvgIpc) is 3.08. The summed E-state index contributed by atoms with van der Waals surface area (Å²) in [5.41, 5.74) is 1.60. The predicted octanol–water partition coefficient (Wildman–Crippen LogP) is 3.26. The largest absolute Gasteiger partial charge is 0.336 e. The molecular weight excluding hydrogens is 318 g/mol. The lowest BCUT2D eigenvalue weighted by Gasteiger charge is -2.20. The molecule has 20 heavy (non-hydrogen) atoms. The van der Waals surface area contributed by atoms with Crippen molar-refractivity contribution in [1.82, 2.24) is 14.7 Å². The van der Waals surface area contributed by atoms with E-state index in [1.807, 2.05) is 29.2 Å². The minimum absolute atomic E-state index is 0.0818. The van der Waals surface area contributed by atoms with E-state index in [-0.39, 0.29) is 5.91 Å². The Bertz CT molecular complexity index is 620. The third-order valence-corrected chi connectivity index (χ3v) is 4.26. The van der Waals surface area contributed by atoms with Crippen LogP contribution in [0.15, 0.2) is 41.1 Å². The number of nitrogens with zero attached hydrogens (tertiary/aromatic N) is 3. The van der Waals surface area contributed by atoms with E-state index < -0.39 is 0 Å². The second-order valence-corrected chi connectivity index (χ2v) is 6.06. The van der Waals surface area contributed by atoms with E-state index in [4.69, 9.17) is 0 Å². The normalized spacial score (nSPS) is 18.5. The van der Waals surface area contributed by atoms with Crippen molar-refractivity contribution in [2.24, 2.45) is 0 Å². The minimum atomic E-state index is 0.0818. The summed E-state index contributed by atoms with van der Waals surface area (Å²) in [7, 11) is 0. The van der Waals surface area contributed by atoms with Crippen molar-refractivity contribution < 1.29 is 4.79 Å². The van der Waals surface area contributed by atoms with Crippen molar-refractivity contribution >= 4 is 21.8 Å². The van der Waals surface area contributed by atoms with E-state index in [0.717, 1.165) is 29.5 Å². The van der Waals surface area contributed by atoms with Crippen LogP contribution < -0.4 is 0 Å². The van der Waals surface area contributed by atoms with Gasteiger partial charge in [-0.2, -0.15) is 5.10 Å². The number of carbonyl (C=O) groups is 1. The third-order valence-electron chi connectivity index (χ3n) is 3.73. The number of aromatic nitrogens is 2. The van der Waals surface area contributed by atoms with Gasteiger partial charge in [0.15, 0.2) is 0 Å². The molecule has 1 aliphatic heterocycles. The number of benzene rings is 1. The first-order valence-corrected chi connectivity index (χ1v) is 7.56. The average molecular weight is 334 g/mol. The third kappa shape index (κ3) is 2.50. The molecule has 4 nitrogen and oxygen atoms in total. The van der Waals surface area contributed by atoms with Crippen LogP contribution in [0.4, 0.5) is 0 Å². The lowest BCUT2D eigenvalue weighted by molar-refractivity contribution is 0.0747. The molecule has 1 aromatic carbocycles. The molecule has 1 atom stereocenters. The second kappa shape index (κ2) is 5.40. The first-order valence-electron chi connectivity index (χ1n) is 6.77. The van der Waals surface area contributed by atoms with E-state index in [9.17, 15) is 4.79 Å². The zero-order valence-corrected chi connectivity index (χ0v) is 12.9. The van der Waals surface area contributed by atoms with Gasteiger partial charge < -0.3 is 4.90 Å². The molecule has 2 aromatic rings. The summed E-state index contributed by atoms with van der Waals surface area (Å²) in [5, 5.41) is 4.29. The Labute approximate surface area is 126 Å². The van der Waals surface area contributed by atoms with E-state index in [0.29, 0.717) is 11.6 Å². The van der Waals surface area contributed by atoms with Crippen LogP contribution in [0, 0.1) is 0 Å². The van der Waals surface area contributed by atoms with Gasteiger partial charge in [0.25, 0.3) is 5.91 Å². The van der Waals surface area contributed by atoms with Gasteiger partial charge in [0.1, 0.15) is 0 Å². The molecule has 1 aliphatic rings. The lowest BCUT2D eigenvalue weighted by Crippen LogP contribution is -2.33. The van der Waals surface area contributed by atoms with Crippen LogP contribution >= 0.6 is 15.9 Å². The second-order valence-electron chi connectivity index (χ2n) is 5.14. The maximum absolute atomic E-state index is 12.4. The van der Waals surface area contributed by atoms with Crippen molar-refractivity contribution in [2.75, 3.05) is 6.54 Å². The van der Waals surface area contributed by atoms with Crippen LogP contribution in [0.3, 0.4) is 0 Å². The smallest absolute Gasteiger partial charge is 0.257 e. The quantitative estimate of drug-likeness (QED) is 0.845. The number of hydrogen-bond donors (Lipinski definition) is 0. The van der Waals surface area contributed by atoms with Crippen molar-refractivity contribution in [3.63, 3.8) is 0 Å². The van der Waals surface area contributed by atoms with Gasteiger partial charge in [-0.25, -0.2) is 4.68 Å². The summed E-state index contributed by atoms with van der Waals surface area (Å²) < 4.78 is 2.76. The number of amides is 1. The lowest BCUT2D eigenvalue weighted by atomic mass is 10.2. The molecule has 0 N–H and O–H groups in total. The maximum atomic E-state index is 12.4. The summed E-state index contributed by atoms with van der Waals surface area (Å²) in [6.45, 7) is 2.95. The first kappa shape index (κ1) is 13.4. The Balaban J connectivity index is 1.83. The summed E-state index contributed by atoms with van der Waals surface area (Å²) >= 11 is 3.41. The van der Waals surface area contributed by atoms with Crippen LogP contribution in [0.25, 0.3) is 5.69 Å². The van der Waals surface area contributed by atoms with Crippen molar-refractivity contribution in [3.8, 4) is 5.69 Å². The van der Waals surface area contributed by atoms with E-state index in [2.05, 4.69) is 28.0 Å². The number of rotatable bonds is 2. The zero-order chi connectivity index (χ0) is 14.1. The fourth-order valence-corrected chi connectivity index (χ4v) is 2.83. The van der Waals surface area contributed by atoms with Gasteiger partial charge in [-0.15, -0.1) is 0 Å². The van der Waals surface area contributed by atoms with Crippen LogP contribution in [-0.4, -0.2) is 33.2 Å². The monoisotopic (exact) mass is 333 g/mol. The van der Waals surface area contributed by atoms with Crippen LogP contribution in [0.2, 0.25) is 0 Å². The highest BCUT2D eigenvalue weighted by Gasteiger charge is 2.26. The molecule has 1 amide bonds. The van der Waals surface area contributed by atoms with Gasteiger partial charge in [-0.3, -0.25) is 4.79 Å². The summed E-state index contributed by atoms with van der Waals surface area (Å²) in [4.78, 5) is 14.4. The molecule has 1 aromatic heterocycles. The number of likely N-dealkylation sites (tertiary alicyclic amines) is 1. The molecule has 0 saturated carbocycles. The Morgan fingerprint density at radius 3 is 2.75 bits per heavy atom.